The van der Waals surface area contributed by atoms with E-state index in [1.807, 2.05) is 11.8 Å². The number of carbonyl (C=O) groups excluding carboxylic acids is 2. The molecule has 27 heavy (non-hydrogen) atoms. The van der Waals surface area contributed by atoms with Crippen molar-refractivity contribution < 1.29 is 9.59 Å². The summed E-state index contributed by atoms with van der Waals surface area (Å²) in [5, 5.41) is 3.63. The summed E-state index contributed by atoms with van der Waals surface area (Å²) < 4.78 is -0.0902. The zero-order valence-corrected chi connectivity index (χ0v) is 17.9. The molecule has 6 nitrogen and oxygen atoms in total. The Hall–Kier alpha value is -0.950. The number of alkyl halides is 1. The molecule has 0 aromatic carbocycles. The fraction of sp³-hybridized carbons (Fsp3) is 0.842. The summed E-state index contributed by atoms with van der Waals surface area (Å²) in [7, 11) is 0. The number of rotatable bonds is 3. The number of thioether (sulfide) groups is 1. The average molecular weight is 415 g/mol. The quantitative estimate of drug-likeness (QED) is 0.717. The normalized spacial score (nSPS) is 29.4. The molecule has 0 bridgehead atoms. The van der Waals surface area contributed by atoms with Crippen LogP contribution in [0.15, 0.2) is 4.99 Å². The maximum atomic E-state index is 13.2. The van der Waals surface area contributed by atoms with Crippen molar-refractivity contribution in [1.29, 1.82) is 0 Å². The molecule has 1 N–H and O–H groups in total. The highest BCUT2D eigenvalue weighted by Gasteiger charge is 2.36. The van der Waals surface area contributed by atoms with Crippen molar-refractivity contribution in [2.45, 2.75) is 75.6 Å². The van der Waals surface area contributed by atoms with Crippen molar-refractivity contribution in [3.63, 3.8) is 0 Å². The van der Waals surface area contributed by atoms with E-state index in [9.17, 15) is 9.59 Å². The van der Waals surface area contributed by atoms with Crippen LogP contribution in [0, 0.1) is 5.92 Å². The number of likely N-dealkylation sites (tertiary alicyclic amines) is 1. The summed E-state index contributed by atoms with van der Waals surface area (Å²) in [6.07, 6.45) is 6.70. The van der Waals surface area contributed by atoms with Gasteiger partial charge in [0.1, 0.15) is 4.71 Å². The topological polar surface area (TPSA) is 65.0 Å². The molecule has 3 aliphatic rings. The van der Waals surface area contributed by atoms with E-state index in [4.69, 9.17) is 11.6 Å². The summed E-state index contributed by atoms with van der Waals surface area (Å²) in [4.78, 5) is 33.5. The maximum absolute atomic E-state index is 13.2. The maximum Gasteiger partial charge on any atom is 0.323 e. The molecule has 1 saturated heterocycles. The lowest BCUT2D eigenvalue weighted by molar-refractivity contribution is -0.132. The number of amides is 3. The van der Waals surface area contributed by atoms with Crippen LogP contribution in [0.2, 0.25) is 0 Å². The molecule has 3 amide bonds. The Labute approximate surface area is 171 Å². The Balaban J connectivity index is 1.66. The summed E-state index contributed by atoms with van der Waals surface area (Å²) in [5.74, 6) is 0.947. The van der Waals surface area contributed by atoms with Crippen LogP contribution in [0.3, 0.4) is 0 Å². The Morgan fingerprint density at radius 2 is 1.81 bits per heavy atom. The van der Waals surface area contributed by atoms with E-state index in [-0.39, 0.29) is 28.7 Å². The van der Waals surface area contributed by atoms with Gasteiger partial charge < -0.3 is 9.80 Å². The Morgan fingerprint density at radius 3 is 2.37 bits per heavy atom. The van der Waals surface area contributed by atoms with E-state index in [0.29, 0.717) is 18.1 Å². The van der Waals surface area contributed by atoms with Gasteiger partial charge in [0.15, 0.2) is 5.17 Å². The lowest BCUT2D eigenvalue weighted by atomic mass is 9.85. The molecular formula is C19H31ClN4O2S. The summed E-state index contributed by atoms with van der Waals surface area (Å²) in [5.41, 5.74) is 0. The van der Waals surface area contributed by atoms with Gasteiger partial charge >= 0.3 is 6.03 Å². The first-order valence-electron chi connectivity index (χ1n) is 10.2. The van der Waals surface area contributed by atoms with Gasteiger partial charge in [0.05, 0.1) is 6.54 Å². The molecule has 1 unspecified atom stereocenters. The molecule has 152 valence electrons. The number of urea groups is 1. The van der Waals surface area contributed by atoms with Gasteiger partial charge in [-0.05, 0) is 44.4 Å². The van der Waals surface area contributed by atoms with Crippen molar-refractivity contribution in [1.82, 2.24) is 15.1 Å². The molecule has 8 heteroatoms. The van der Waals surface area contributed by atoms with E-state index < -0.39 is 0 Å². The van der Waals surface area contributed by atoms with Crippen LogP contribution in [0.4, 0.5) is 4.79 Å². The largest absolute Gasteiger partial charge is 0.343 e. The van der Waals surface area contributed by atoms with Crippen LogP contribution in [0.1, 0.15) is 58.8 Å². The van der Waals surface area contributed by atoms with Gasteiger partial charge in [0.25, 0.3) is 0 Å². The number of aliphatic imine (C=N–C) groups is 1. The monoisotopic (exact) mass is 414 g/mol. The molecule has 0 aromatic rings. The van der Waals surface area contributed by atoms with Crippen molar-refractivity contribution in [3.8, 4) is 0 Å². The summed E-state index contributed by atoms with van der Waals surface area (Å²) in [6.45, 7) is 6.22. The van der Waals surface area contributed by atoms with Crippen LogP contribution >= 0.6 is 23.4 Å². The molecule has 0 aromatic heterocycles. The minimum Gasteiger partial charge on any atom is -0.343 e. The van der Waals surface area contributed by atoms with E-state index in [2.05, 4.69) is 22.1 Å². The number of nitrogens with one attached hydrogen (secondary N) is 1. The number of carbonyl (C=O) groups is 2. The SMILES string of the molecule is CCC(=O)N1CCC(N(C(=O)NC2=NCC(Cl)S2)[C@H]2CC[C@H](C)CC2)CC1. The van der Waals surface area contributed by atoms with Crippen molar-refractivity contribution in [2.75, 3.05) is 19.6 Å². The first kappa shape index (κ1) is 20.8. The van der Waals surface area contributed by atoms with Gasteiger partial charge in [0, 0.05) is 31.6 Å². The van der Waals surface area contributed by atoms with Crippen LogP contribution in [-0.2, 0) is 4.79 Å². The third kappa shape index (κ3) is 5.31. The number of hydrogen-bond acceptors (Lipinski definition) is 4. The van der Waals surface area contributed by atoms with Gasteiger partial charge in [-0.2, -0.15) is 0 Å². The number of piperidine rings is 1. The lowest BCUT2D eigenvalue weighted by Crippen LogP contribution is -2.56. The molecule has 0 radical (unpaired) electrons. The fourth-order valence-corrected chi connectivity index (χ4v) is 5.35. The van der Waals surface area contributed by atoms with Crippen LogP contribution in [0.25, 0.3) is 0 Å². The molecule has 2 fully saturated rings. The molecule has 0 spiro atoms. The molecule has 1 atom stereocenters. The minimum absolute atomic E-state index is 0.0492. The summed E-state index contributed by atoms with van der Waals surface area (Å²) in [6, 6.07) is 0.411. The van der Waals surface area contributed by atoms with E-state index in [1.165, 1.54) is 24.6 Å². The van der Waals surface area contributed by atoms with E-state index in [1.54, 1.807) is 0 Å². The smallest absolute Gasteiger partial charge is 0.323 e. The number of hydrogen-bond donors (Lipinski definition) is 1. The zero-order chi connectivity index (χ0) is 19.4. The second-order valence-electron chi connectivity index (χ2n) is 7.89. The molecule has 1 saturated carbocycles. The standard InChI is InChI=1S/C19H31ClN4O2S/c1-3-17(25)23-10-8-15(9-11-23)24(14-6-4-13(2)5-7-14)19(26)22-18-21-12-16(20)27-18/h13-16H,3-12H2,1-2H3,(H,21,22,26)/t13-,14-,16?. The number of amidine groups is 1. The second-order valence-corrected chi connectivity index (χ2v) is 9.87. The van der Waals surface area contributed by atoms with Gasteiger partial charge in [-0.15, -0.1) is 11.6 Å². The molecular weight excluding hydrogens is 384 g/mol. The van der Waals surface area contributed by atoms with Gasteiger partial charge in [-0.3, -0.25) is 15.1 Å². The minimum atomic E-state index is -0.0902. The lowest BCUT2D eigenvalue weighted by Gasteiger charge is -2.44. The van der Waals surface area contributed by atoms with Gasteiger partial charge in [-0.1, -0.05) is 25.6 Å². The fourth-order valence-electron chi connectivity index (χ4n) is 4.34. The predicted octanol–water partition coefficient (Wildman–Crippen LogP) is 3.65. The van der Waals surface area contributed by atoms with Crippen molar-refractivity contribution in [2.24, 2.45) is 10.9 Å². The van der Waals surface area contributed by atoms with Crippen LogP contribution < -0.4 is 5.32 Å². The van der Waals surface area contributed by atoms with Crippen LogP contribution in [0.5, 0.6) is 0 Å². The highest BCUT2D eigenvalue weighted by Crippen LogP contribution is 2.31. The highest BCUT2D eigenvalue weighted by molar-refractivity contribution is 8.15. The Morgan fingerprint density at radius 1 is 1.19 bits per heavy atom. The third-order valence-electron chi connectivity index (χ3n) is 5.96. The molecule has 2 heterocycles. The van der Waals surface area contributed by atoms with E-state index in [0.717, 1.165) is 44.7 Å². The van der Waals surface area contributed by atoms with Gasteiger partial charge in [0.2, 0.25) is 5.91 Å². The third-order valence-corrected chi connectivity index (χ3v) is 7.22. The highest BCUT2D eigenvalue weighted by atomic mass is 35.5. The zero-order valence-electron chi connectivity index (χ0n) is 16.3. The predicted molar refractivity (Wildman–Crippen MR) is 111 cm³/mol. The number of nitrogens with zero attached hydrogens (tertiary/aromatic N) is 3. The first-order chi connectivity index (χ1) is 13.0. The summed E-state index contributed by atoms with van der Waals surface area (Å²) >= 11 is 7.50. The van der Waals surface area contributed by atoms with Crippen LogP contribution in [-0.4, -0.2) is 63.3 Å². The number of halogens is 1. The molecule has 3 rings (SSSR count). The van der Waals surface area contributed by atoms with Crippen molar-refractivity contribution in [3.05, 3.63) is 0 Å². The van der Waals surface area contributed by atoms with E-state index >= 15 is 0 Å². The first-order valence-corrected chi connectivity index (χ1v) is 11.5. The Bertz CT molecular complexity index is 572. The Kier molecular flexibility index (Phi) is 7.31. The molecule has 1 aliphatic carbocycles. The molecule has 2 aliphatic heterocycles. The van der Waals surface area contributed by atoms with Gasteiger partial charge in [-0.25, -0.2) is 4.79 Å². The second kappa shape index (κ2) is 9.50. The average Bonchev–Trinajstić information content (AvgIpc) is 3.08. The van der Waals surface area contributed by atoms with Crippen molar-refractivity contribution >= 4 is 40.5 Å².